The Hall–Kier alpha value is -4.15. The van der Waals surface area contributed by atoms with E-state index in [-0.39, 0.29) is 41.4 Å². The number of carbonyl (C=O) groups is 2. The van der Waals surface area contributed by atoms with Gasteiger partial charge < -0.3 is 19.5 Å². The Morgan fingerprint density at radius 2 is 1.71 bits per heavy atom. The SMILES string of the molecule is COC(=O)Cc1ccc(NC(=O)c2cc(Oc3ccc(C(F)(F)F)cc3)nc(OC(C)C)c2)nc1. The lowest BCUT2D eigenvalue weighted by Gasteiger charge is -2.13. The van der Waals surface area contributed by atoms with Crippen LogP contribution in [-0.2, 0) is 22.1 Å². The number of ether oxygens (including phenoxy) is 3. The van der Waals surface area contributed by atoms with Crippen molar-refractivity contribution in [3.63, 3.8) is 0 Å². The maximum Gasteiger partial charge on any atom is 0.416 e. The smallest absolute Gasteiger partial charge is 0.416 e. The molecule has 1 N–H and O–H groups in total. The topological polar surface area (TPSA) is 99.6 Å². The van der Waals surface area contributed by atoms with Crippen molar-refractivity contribution in [2.24, 2.45) is 0 Å². The van der Waals surface area contributed by atoms with E-state index in [4.69, 9.17) is 9.47 Å². The molecule has 2 aromatic heterocycles. The van der Waals surface area contributed by atoms with Crippen LogP contribution in [0.1, 0.15) is 35.3 Å². The molecule has 8 nitrogen and oxygen atoms in total. The van der Waals surface area contributed by atoms with Gasteiger partial charge in [0, 0.05) is 18.3 Å². The maximum absolute atomic E-state index is 12.8. The molecule has 0 bridgehead atoms. The molecule has 1 amide bonds. The number of hydrogen-bond donors (Lipinski definition) is 1. The first-order chi connectivity index (χ1) is 16.5. The van der Waals surface area contributed by atoms with Gasteiger partial charge in [-0.15, -0.1) is 0 Å². The Labute approximate surface area is 199 Å². The lowest BCUT2D eigenvalue weighted by atomic mass is 10.2. The molecule has 0 radical (unpaired) electrons. The number of benzene rings is 1. The Morgan fingerprint density at radius 3 is 2.29 bits per heavy atom. The summed E-state index contributed by atoms with van der Waals surface area (Å²) in [5.74, 6) is -0.589. The lowest BCUT2D eigenvalue weighted by molar-refractivity contribution is -0.140. The number of nitrogens with one attached hydrogen (secondary N) is 1. The number of anilines is 1. The number of aromatic nitrogens is 2. The number of carbonyl (C=O) groups excluding carboxylic acids is 2. The van der Waals surface area contributed by atoms with Crippen LogP contribution in [-0.4, -0.2) is 35.1 Å². The number of alkyl halides is 3. The Morgan fingerprint density at radius 1 is 1.03 bits per heavy atom. The Bertz CT molecular complexity index is 1180. The summed E-state index contributed by atoms with van der Waals surface area (Å²) < 4.78 is 54.1. The molecule has 0 atom stereocenters. The number of rotatable bonds is 8. The van der Waals surface area contributed by atoms with Crippen LogP contribution in [0.25, 0.3) is 0 Å². The molecule has 184 valence electrons. The van der Waals surface area contributed by atoms with Gasteiger partial charge in [0.2, 0.25) is 11.8 Å². The highest BCUT2D eigenvalue weighted by molar-refractivity contribution is 6.04. The van der Waals surface area contributed by atoms with Crippen LogP contribution in [0.15, 0.2) is 54.7 Å². The van der Waals surface area contributed by atoms with Gasteiger partial charge in [-0.2, -0.15) is 18.2 Å². The van der Waals surface area contributed by atoms with Gasteiger partial charge in [0.25, 0.3) is 5.91 Å². The molecule has 0 aliphatic carbocycles. The fourth-order valence-corrected chi connectivity index (χ4v) is 2.83. The number of pyridine rings is 2. The zero-order chi connectivity index (χ0) is 25.6. The molecule has 0 fully saturated rings. The van der Waals surface area contributed by atoms with Crippen molar-refractivity contribution in [2.75, 3.05) is 12.4 Å². The first-order valence-corrected chi connectivity index (χ1v) is 10.4. The minimum Gasteiger partial charge on any atom is -0.475 e. The zero-order valence-electron chi connectivity index (χ0n) is 19.1. The van der Waals surface area contributed by atoms with Gasteiger partial charge in [0.05, 0.1) is 30.8 Å². The third kappa shape index (κ3) is 7.42. The van der Waals surface area contributed by atoms with E-state index in [9.17, 15) is 22.8 Å². The summed E-state index contributed by atoms with van der Waals surface area (Å²) in [6.07, 6.45) is -3.25. The average Bonchev–Trinajstić information content (AvgIpc) is 2.79. The van der Waals surface area contributed by atoms with Gasteiger partial charge >= 0.3 is 12.1 Å². The van der Waals surface area contributed by atoms with Gasteiger partial charge in [-0.1, -0.05) is 6.07 Å². The molecule has 0 saturated carbocycles. The number of methoxy groups -OCH3 is 1. The van der Waals surface area contributed by atoms with E-state index in [1.807, 2.05) is 0 Å². The molecule has 0 aliphatic heterocycles. The van der Waals surface area contributed by atoms with Crippen LogP contribution in [0.3, 0.4) is 0 Å². The second-order valence-corrected chi connectivity index (χ2v) is 7.58. The van der Waals surface area contributed by atoms with Gasteiger partial charge in [-0.25, -0.2) is 4.98 Å². The summed E-state index contributed by atoms with van der Waals surface area (Å²) in [6.45, 7) is 3.54. The van der Waals surface area contributed by atoms with Crippen LogP contribution in [0, 0.1) is 0 Å². The van der Waals surface area contributed by atoms with Crippen molar-refractivity contribution in [3.8, 4) is 17.5 Å². The van der Waals surface area contributed by atoms with Gasteiger partial charge in [0.1, 0.15) is 11.6 Å². The monoisotopic (exact) mass is 489 g/mol. The van der Waals surface area contributed by atoms with E-state index in [0.717, 1.165) is 24.3 Å². The second-order valence-electron chi connectivity index (χ2n) is 7.58. The summed E-state index contributed by atoms with van der Waals surface area (Å²) in [4.78, 5) is 32.5. The van der Waals surface area contributed by atoms with Crippen LogP contribution in [0.5, 0.6) is 17.5 Å². The zero-order valence-corrected chi connectivity index (χ0v) is 19.1. The molecule has 0 unspecified atom stereocenters. The van der Waals surface area contributed by atoms with Crippen molar-refractivity contribution in [1.82, 2.24) is 9.97 Å². The molecule has 0 saturated heterocycles. The van der Waals surface area contributed by atoms with Crippen LogP contribution in [0.4, 0.5) is 19.0 Å². The summed E-state index contributed by atoms with van der Waals surface area (Å²) in [7, 11) is 1.28. The third-order valence-electron chi connectivity index (χ3n) is 4.44. The number of nitrogens with zero attached hydrogens (tertiary/aromatic N) is 2. The Balaban J connectivity index is 1.80. The van der Waals surface area contributed by atoms with E-state index in [1.54, 1.807) is 19.9 Å². The first-order valence-electron chi connectivity index (χ1n) is 10.4. The van der Waals surface area contributed by atoms with Crippen molar-refractivity contribution < 1.29 is 37.0 Å². The molecule has 0 aliphatic rings. The predicted octanol–water partition coefficient (Wildman–Crippen LogP) is 5.04. The van der Waals surface area contributed by atoms with E-state index in [1.165, 1.54) is 31.5 Å². The molecule has 3 rings (SSSR count). The molecular formula is C24H22F3N3O5. The van der Waals surface area contributed by atoms with Crippen LogP contribution < -0.4 is 14.8 Å². The van der Waals surface area contributed by atoms with Gasteiger partial charge in [-0.3, -0.25) is 9.59 Å². The first kappa shape index (κ1) is 25.5. The molecular weight excluding hydrogens is 467 g/mol. The molecule has 35 heavy (non-hydrogen) atoms. The van der Waals surface area contributed by atoms with Crippen molar-refractivity contribution >= 4 is 17.7 Å². The van der Waals surface area contributed by atoms with E-state index >= 15 is 0 Å². The summed E-state index contributed by atoms with van der Waals surface area (Å²) in [5, 5.41) is 2.62. The van der Waals surface area contributed by atoms with Crippen LogP contribution >= 0.6 is 0 Å². The number of amides is 1. The highest BCUT2D eigenvalue weighted by Crippen LogP contribution is 2.31. The van der Waals surface area contributed by atoms with Crippen molar-refractivity contribution in [3.05, 3.63) is 71.4 Å². The van der Waals surface area contributed by atoms with Gasteiger partial charge in [-0.05, 0) is 49.7 Å². The molecule has 1 aromatic carbocycles. The Kier molecular flexibility index (Phi) is 7.90. The van der Waals surface area contributed by atoms with Crippen molar-refractivity contribution in [1.29, 1.82) is 0 Å². The minimum absolute atomic E-state index is 0.0443. The average molecular weight is 489 g/mol. The predicted molar refractivity (Wildman–Crippen MR) is 119 cm³/mol. The number of hydrogen-bond acceptors (Lipinski definition) is 7. The highest BCUT2D eigenvalue weighted by atomic mass is 19.4. The molecule has 3 aromatic rings. The normalized spacial score (nSPS) is 11.2. The number of halogens is 3. The minimum atomic E-state index is -4.47. The fraction of sp³-hybridized carbons (Fsp3) is 0.250. The van der Waals surface area contributed by atoms with E-state index < -0.39 is 23.6 Å². The summed E-state index contributed by atoms with van der Waals surface area (Å²) in [6, 6.07) is 9.95. The maximum atomic E-state index is 12.8. The largest absolute Gasteiger partial charge is 0.475 e. The standard InChI is InChI=1S/C24H22F3N3O5/c1-14(2)34-20-11-16(23(32)29-19-9-4-15(13-28-19)10-22(31)33-3)12-21(30-20)35-18-7-5-17(6-8-18)24(25,26)27/h4-9,11-14H,10H2,1-3H3,(H,28,29,32). The number of esters is 1. The lowest BCUT2D eigenvalue weighted by Crippen LogP contribution is -2.15. The fourth-order valence-electron chi connectivity index (χ4n) is 2.83. The molecule has 0 spiro atoms. The van der Waals surface area contributed by atoms with Gasteiger partial charge in [0.15, 0.2) is 0 Å². The quantitative estimate of drug-likeness (QED) is 0.443. The van der Waals surface area contributed by atoms with Crippen molar-refractivity contribution in [2.45, 2.75) is 32.5 Å². The van der Waals surface area contributed by atoms with E-state index in [0.29, 0.717) is 5.56 Å². The highest BCUT2D eigenvalue weighted by Gasteiger charge is 2.30. The second kappa shape index (κ2) is 10.9. The van der Waals surface area contributed by atoms with Crippen LogP contribution in [0.2, 0.25) is 0 Å². The summed E-state index contributed by atoms with van der Waals surface area (Å²) >= 11 is 0. The molecule has 11 heteroatoms. The van der Waals surface area contributed by atoms with E-state index in [2.05, 4.69) is 20.0 Å². The molecule has 2 heterocycles. The summed E-state index contributed by atoms with van der Waals surface area (Å²) in [5.41, 5.74) is -0.0866. The third-order valence-corrected chi connectivity index (χ3v) is 4.44.